The number of rotatable bonds is 7. The first-order chi connectivity index (χ1) is 13.6. The van der Waals surface area contributed by atoms with Gasteiger partial charge in [0, 0.05) is 31.2 Å². The van der Waals surface area contributed by atoms with Crippen molar-refractivity contribution in [2.75, 3.05) is 18.0 Å². The van der Waals surface area contributed by atoms with E-state index < -0.39 is 0 Å². The molecule has 0 bridgehead atoms. The average Bonchev–Trinajstić information content (AvgIpc) is 2.74. The molecule has 1 aliphatic heterocycles. The van der Waals surface area contributed by atoms with E-state index in [9.17, 15) is 9.59 Å². The number of primary amides is 1. The molecule has 3 rings (SSSR count). The van der Waals surface area contributed by atoms with Gasteiger partial charge in [0.1, 0.15) is 0 Å². The van der Waals surface area contributed by atoms with Crippen LogP contribution in [0.25, 0.3) is 0 Å². The van der Waals surface area contributed by atoms with Crippen LogP contribution in [-0.2, 0) is 16.0 Å². The molecule has 0 spiro atoms. The molecule has 1 aliphatic rings. The molecule has 0 saturated carbocycles. The molecular weight excluding hydrogens is 350 g/mol. The Morgan fingerprint density at radius 3 is 2.32 bits per heavy atom. The van der Waals surface area contributed by atoms with Gasteiger partial charge in [-0.1, -0.05) is 55.5 Å². The molecule has 2 amide bonds. The summed E-state index contributed by atoms with van der Waals surface area (Å²) in [5, 5.41) is 0. The zero-order valence-electron chi connectivity index (χ0n) is 16.5. The Bertz CT molecular complexity index is 779. The number of carbonyl (C=O) groups is 2. The Balaban J connectivity index is 1.73. The fraction of sp³-hybridized carbons (Fsp3) is 0.391. The molecule has 2 aromatic carbocycles. The van der Waals surface area contributed by atoms with Gasteiger partial charge in [0.25, 0.3) is 0 Å². The van der Waals surface area contributed by atoms with Gasteiger partial charge in [0.2, 0.25) is 11.8 Å². The summed E-state index contributed by atoms with van der Waals surface area (Å²) < 4.78 is 0. The molecule has 2 N–H and O–H groups in total. The van der Waals surface area contributed by atoms with Gasteiger partial charge < -0.3 is 10.6 Å². The van der Waals surface area contributed by atoms with Crippen LogP contribution in [0.4, 0.5) is 5.69 Å². The number of anilines is 1. The second-order valence-electron chi connectivity index (χ2n) is 7.32. The molecular formula is C23H29N3O2. The van der Waals surface area contributed by atoms with Crippen molar-refractivity contribution in [2.24, 2.45) is 5.73 Å². The predicted octanol–water partition coefficient (Wildman–Crippen LogP) is 2.99. The standard InChI is InChI=1S/C23H29N3O2/c1-2-22(27)26(19-11-7-4-8-12-19)20-14-16-25(21(17-20)23(24)28)15-13-18-9-5-3-6-10-18/h3-12,20-21H,2,13-17H2,1H3,(H2,24,28)/t20?,21-/m1/s1. The van der Waals surface area contributed by atoms with Crippen LogP contribution in [-0.4, -0.2) is 41.9 Å². The fourth-order valence-electron chi connectivity index (χ4n) is 4.03. The smallest absolute Gasteiger partial charge is 0.234 e. The molecule has 0 aliphatic carbocycles. The van der Waals surface area contributed by atoms with E-state index in [2.05, 4.69) is 17.0 Å². The maximum absolute atomic E-state index is 12.7. The van der Waals surface area contributed by atoms with E-state index >= 15 is 0 Å². The summed E-state index contributed by atoms with van der Waals surface area (Å²) in [6.07, 6.45) is 2.72. The molecule has 1 saturated heterocycles. The largest absolute Gasteiger partial charge is 0.368 e. The Hall–Kier alpha value is -2.66. The lowest BCUT2D eigenvalue weighted by atomic mass is 9.93. The highest BCUT2D eigenvalue weighted by molar-refractivity contribution is 5.94. The van der Waals surface area contributed by atoms with Crippen molar-refractivity contribution in [2.45, 2.75) is 44.7 Å². The SMILES string of the molecule is CCC(=O)N(c1ccccc1)C1CCN(CCc2ccccc2)[C@@H](C(N)=O)C1. The van der Waals surface area contributed by atoms with Crippen molar-refractivity contribution in [3.63, 3.8) is 0 Å². The summed E-state index contributed by atoms with van der Waals surface area (Å²) in [5.74, 6) is -0.230. The molecule has 1 fully saturated rings. The van der Waals surface area contributed by atoms with E-state index in [1.165, 1.54) is 5.56 Å². The summed E-state index contributed by atoms with van der Waals surface area (Å²) in [7, 11) is 0. The minimum atomic E-state index is -0.349. The highest BCUT2D eigenvalue weighted by Gasteiger charge is 2.36. The minimum Gasteiger partial charge on any atom is -0.368 e. The van der Waals surface area contributed by atoms with Crippen LogP contribution in [0.15, 0.2) is 60.7 Å². The number of nitrogens with zero attached hydrogens (tertiary/aromatic N) is 2. The first kappa shape index (κ1) is 20.1. The van der Waals surface area contributed by atoms with Gasteiger partial charge in [-0.05, 0) is 37.0 Å². The molecule has 1 heterocycles. The normalized spacial score (nSPS) is 19.9. The first-order valence-electron chi connectivity index (χ1n) is 10.0. The van der Waals surface area contributed by atoms with Crippen molar-refractivity contribution >= 4 is 17.5 Å². The third kappa shape index (κ3) is 4.78. The molecule has 148 valence electrons. The van der Waals surface area contributed by atoms with E-state index in [0.29, 0.717) is 12.8 Å². The summed E-state index contributed by atoms with van der Waals surface area (Å²) in [5.41, 5.74) is 7.89. The molecule has 2 atom stereocenters. The summed E-state index contributed by atoms with van der Waals surface area (Å²) in [4.78, 5) is 28.9. The van der Waals surface area contributed by atoms with Crippen LogP contribution in [0, 0.1) is 0 Å². The maximum atomic E-state index is 12.7. The van der Waals surface area contributed by atoms with Crippen molar-refractivity contribution in [3.05, 3.63) is 66.2 Å². The number of likely N-dealkylation sites (tertiary alicyclic amines) is 1. The number of nitrogens with two attached hydrogens (primary N) is 1. The Kier molecular flexibility index (Phi) is 6.82. The lowest BCUT2D eigenvalue weighted by Crippen LogP contribution is -2.56. The third-order valence-corrected chi connectivity index (χ3v) is 5.52. The molecule has 1 unspecified atom stereocenters. The lowest BCUT2D eigenvalue weighted by Gasteiger charge is -2.42. The van der Waals surface area contributed by atoms with Crippen LogP contribution in [0.1, 0.15) is 31.7 Å². The van der Waals surface area contributed by atoms with Gasteiger partial charge in [-0.15, -0.1) is 0 Å². The zero-order chi connectivity index (χ0) is 19.9. The topological polar surface area (TPSA) is 66.6 Å². The van der Waals surface area contributed by atoms with Crippen molar-refractivity contribution in [3.8, 4) is 0 Å². The molecule has 5 heteroatoms. The quantitative estimate of drug-likeness (QED) is 0.804. The van der Waals surface area contributed by atoms with E-state index in [1.807, 2.05) is 60.4 Å². The summed E-state index contributed by atoms with van der Waals surface area (Å²) in [6, 6.07) is 19.6. The number of carbonyl (C=O) groups excluding carboxylic acids is 2. The maximum Gasteiger partial charge on any atom is 0.234 e. The van der Waals surface area contributed by atoms with Crippen molar-refractivity contribution in [1.29, 1.82) is 0 Å². The zero-order valence-corrected chi connectivity index (χ0v) is 16.5. The monoisotopic (exact) mass is 379 g/mol. The van der Waals surface area contributed by atoms with Crippen LogP contribution in [0.2, 0.25) is 0 Å². The van der Waals surface area contributed by atoms with Gasteiger partial charge >= 0.3 is 0 Å². The van der Waals surface area contributed by atoms with Gasteiger partial charge in [0.05, 0.1) is 6.04 Å². The van der Waals surface area contributed by atoms with E-state index in [1.54, 1.807) is 0 Å². The molecule has 0 radical (unpaired) electrons. The predicted molar refractivity (Wildman–Crippen MR) is 112 cm³/mol. The van der Waals surface area contributed by atoms with Crippen molar-refractivity contribution < 1.29 is 9.59 Å². The van der Waals surface area contributed by atoms with E-state index in [0.717, 1.165) is 31.6 Å². The number of para-hydroxylation sites is 1. The van der Waals surface area contributed by atoms with Crippen molar-refractivity contribution in [1.82, 2.24) is 4.90 Å². The number of benzene rings is 2. The van der Waals surface area contributed by atoms with Crippen LogP contribution < -0.4 is 10.6 Å². The molecule has 5 nitrogen and oxygen atoms in total. The average molecular weight is 380 g/mol. The Morgan fingerprint density at radius 1 is 1.07 bits per heavy atom. The minimum absolute atomic E-state index is 0.0136. The van der Waals surface area contributed by atoms with Gasteiger partial charge in [-0.25, -0.2) is 0 Å². The first-order valence-corrected chi connectivity index (χ1v) is 10.0. The van der Waals surface area contributed by atoms with E-state index in [-0.39, 0.29) is 23.9 Å². The number of amides is 2. The Morgan fingerprint density at radius 2 is 1.71 bits per heavy atom. The number of hydrogen-bond donors (Lipinski definition) is 1. The van der Waals surface area contributed by atoms with Crippen LogP contribution in [0.5, 0.6) is 0 Å². The molecule has 28 heavy (non-hydrogen) atoms. The van der Waals surface area contributed by atoms with Crippen LogP contribution >= 0.6 is 0 Å². The van der Waals surface area contributed by atoms with E-state index in [4.69, 9.17) is 5.73 Å². The van der Waals surface area contributed by atoms with Gasteiger partial charge in [-0.3, -0.25) is 14.5 Å². The second kappa shape index (κ2) is 9.51. The summed E-state index contributed by atoms with van der Waals surface area (Å²) >= 11 is 0. The van der Waals surface area contributed by atoms with Gasteiger partial charge in [0.15, 0.2) is 0 Å². The van der Waals surface area contributed by atoms with Crippen LogP contribution in [0.3, 0.4) is 0 Å². The van der Waals surface area contributed by atoms with Gasteiger partial charge in [-0.2, -0.15) is 0 Å². The lowest BCUT2D eigenvalue weighted by molar-refractivity contribution is -0.125. The fourth-order valence-corrected chi connectivity index (χ4v) is 4.03. The highest BCUT2D eigenvalue weighted by atomic mass is 16.2. The second-order valence-corrected chi connectivity index (χ2v) is 7.32. The third-order valence-electron chi connectivity index (χ3n) is 5.52. The highest BCUT2D eigenvalue weighted by Crippen LogP contribution is 2.27. The number of piperidine rings is 1. The summed E-state index contributed by atoms with van der Waals surface area (Å²) in [6.45, 7) is 3.42. The Labute approximate surface area is 167 Å². The number of hydrogen-bond acceptors (Lipinski definition) is 3. The molecule has 0 aromatic heterocycles. The molecule has 2 aromatic rings.